The van der Waals surface area contributed by atoms with E-state index in [0.717, 1.165) is 22.0 Å². The Morgan fingerprint density at radius 2 is 1.75 bits per heavy atom. The molecule has 1 aromatic heterocycles. The Hall–Kier alpha value is -2.27. The van der Waals surface area contributed by atoms with Crippen LogP contribution in [0.5, 0.6) is 5.75 Å². The molecule has 4 nitrogen and oxygen atoms in total. The SMILES string of the molecule is COc1ccc(Sc2n[nH]c(-c3ccccc3)n2)cc1. The molecule has 0 radical (unpaired) electrons. The van der Waals surface area contributed by atoms with Crippen molar-refractivity contribution in [2.75, 3.05) is 7.11 Å². The van der Waals surface area contributed by atoms with Gasteiger partial charge in [0, 0.05) is 10.5 Å². The molecule has 20 heavy (non-hydrogen) atoms. The highest BCUT2D eigenvalue weighted by atomic mass is 32.2. The highest BCUT2D eigenvalue weighted by molar-refractivity contribution is 7.99. The predicted molar refractivity (Wildman–Crippen MR) is 78.9 cm³/mol. The molecule has 0 saturated carbocycles. The Kier molecular flexibility index (Phi) is 3.69. The van der Waals surface area contributed by atoms with E-state index in [-0.39, 0.29) is 0 Å². The summed E-state index contributed by atoms with van der Waals surface area (Å²) in [6.07, 6.45) is 0. The summed E-state index contributed by atoms with van der Waals surface area (Å²) in [5.74, 6) is 1.62. The normalized spacial score (nSPS) is 10.4. The lowest BCUT2D eigenvalue weighted by atomic mass is 10.2. The smallest absolute Gasteiger partial charge is 0.213 e. The Morgan fingerprint density at radius 3 is 2.45 bits per heavy atom. The molecule has 0 bridgehead atoms. The molecule has 0 aliphatic rings. The fourth-order valence-electron chi connectivity index (χ4n) is 1.77. The van der Waals surface area contributed by atoms with Gasteiger partial charge in [-0.3, -0.25) is 5.10 Å². The molecule has 0 spiro atoms. The van der Waals surface area contributed by atoms with Crippen LogP contribution in [0.15, 0.2) is 64.6 Å². The largest absolute Gasteiger partial charge is 0.497 e. The molecule has 100 valence electrons. The zero-order valence-electron chi connectivity index (χ0n) is 10.9. The van der Waals surface area contributed by atoms with Gasteiger partial charge in [0.25, 0.3) is 0 Å². The van der Waals surface area contributed by atoms with Crippen LogP contribution in [-0.4, -0.2) is 22.3 Å². The molecule has 3 aromatic rings. The average molecular weight is 283 g/mol. The molecule has 0 fully saturated rings. The van der Waals surface area contributed by atoms with Crippen LogP contribution in [0.3, 0.4) is 0 Å². The Bertz CT molecular complexity index is 680. The third-order valence-electron chi connectivity index (χ3n) is 2.78. The van der Waals surface area contributed by atoms with Gasteiger partial charge in [0.05, 0.1) is 7.11 Å². The minimum atomic E-state index is 0.703. The van der Waals surface area contributed by atoms with E-state index >= 15 is 0 Å². The van der Waals surface area contributed by atoms with E-state index in [0.29, 0.717) is 5.16 Å². The molecule has 0 saturated heterocycles. The third-order valence-corrected chi connectivity index (χ3v) is 3.65. The number of hydrogen-bond donors (Lipinski definition) is 1. The number of benzene rings is 2. The lowest BCUT2D eigenvalue weighted by Crippen LogP contribution is -1.82. The Labute approximate surface area is 121 Å². The van der Waals surface area contributed by atoms with Gasteiger partial charge in [-0.05, 0) is 36.0 Å². The van der Waals surface area contributed by atoms with E-state index in [4.69, 9.17) is 4.74 Å². The Morgan fingerprint density at radius 1 is 1.00 bits per heavy atom. The summed E-state index contributed by atoms with van der Waals surface area (Å²) in [5.41, 5.74) is 1.03. The predicted octanol–water partition coefficient (Wildman–Crippen LogP) is 3.63. The van der Waals surface area contributed by atoms with Gasteiger partial charge in [-0.2, -0.15) is 0 Å². The molecular weight excluding hydrogens is 270 g/mol. The van der Waals surface area contributed by atoms with Crippen LogP contribution in [0, 0.1) is 0 Å². The molecule has 1 heterocycles. The van der Waals surface area contributed by atoms with Crippen molar-refractivity contribution in [3.63, 3.8) is 0 Å². The van der Waals surface area contributed by atoms with E-state index in [9.17, 15) is 0 Å². The number of ether oxygens (including phenoxy) is 1. The van der Waals surface area contributed by atoms with Gasteiger partial charge in [0.2, 0.25) is 5.16 Å². The van der Waals surface area contributed by atoms with E-state index in [1.54, 1.807) is 7.11 Å². The van der Waals surface area contributed by atoms with Crippen LogP contribution >= 0.6 is 11.8 Å². The van der Waals surface area contributed by atoms with Crippen LogP contribution in [0.4, 0.5) is 0 Å². The topological polar surface area (TPSA) is 50.8 Å². The molecule has 0 aliphatic heterocycles. The zero-order valence-corrected chi connectivity index (χ0v) is 11.7. The van der Waals surface area contributed by atoms with Crippen LogP contribution in [0.1, 0.15) is 0 Å². The molecular formula is C15H13N3OS. The highest BCUT2D eigenvalue weighted by Gasteiger charge is 2.06. The fraction of sp³-hybridized carbons (Fsp3) is 0.0667. The van der Waals surface area contributed by atoms with E-state index in [1.165, 1.54) is 11.8 Å². The van der Waals surface area contributed by atoms with Gasteiger partial charge in [-0.15, -0.1) is 5.10 Å². The highest BCUT2D eigenvalue weighted by Crippen LogP contribution is 2.27. The first kappa shape index (κ1) is 12.7. The van der Waals surface area contributed by atoms with Gasteiger partial charge in [0.15, 0.2) is 5.82 Å². The van der Waals surface area contributed by atoms with Gasteiger partial charge < -0.3 is 4.74 Å². The molecule has 3 rings (SSSR count). The van der Waals surface area contributed by atoms with Crippen molar-refractivity contribution in [3.8, 4) is 17.1 Å². The molecule has 0 atom stereocenters. The number of H-pyrrole nitrogens is 1. The third kappa shape index (κ3) is 2.83. The fourth-order valence-corrected chi connectivity index (χ4v) is 2.48. The maximum atomic E-state index is 5.13. The maximum Gasteiger partial charge on any atom is 0.213 e. The summed E-state index contributed by atoms with van der Waals surface area (Å²) < 4.78 is 5.13. The van der Waals surface area contributed by atoms with Crippen LogP contribution in [0.2, 0.25) is 0 Å². The average Bonchev–Trinajstić information content (AvgIpc) is 2.97. The zero-order chi connectivity index (χ0) is 13.8. The van der Waals surface area contributed by atoms with E-state index in [1.807, 2.05) is 54.6 Å². The number of nitrogens with one attached hydrogen (secondary N) is 1. The molecule has 1 N–H and O–H groups in total. The number of hydrogen-bond acceptors (Lipinski definition) is 4. The second kappa shape index (κ2) is 5.79. The van der Waals surface area contributed by atoms with Crippen molar-refractivity contribution in [2.45, 2.75) is 10.1 Å². The van der Waals surface area contributed by atoms with Gasteiger partial charge in [0.1, 0.15) is 5.75 Å². The van der Waals surface area contributed by atoms with Crippen molar-refractivity contribution in [3.05, 3.63) is 54.6 Å². The second-order valence-corrected chi connectivity index (χ2v) is 5.15. The number of nitrogens with zero attached hydrogens (tertiary/aromatic N) is 2. The van der Waals surface area contributed by atoms with Crippen molar-refractivity contribution < 1.29 is 4.74 Å². The minimum absolute atomic E-state index is 0.703. The first-order chi connectivity index (χ1) is 9.85. The Balaban J connectivity index is 1.77. The minimum Gasteiger partial charge on any atom is -0.497 e. The summed E-state index contributed by atoms with van der Waals surface area (Å²) in [6.45, 7) is 0. The lowest BCUT2D eigenvalue weighted by Gasteiger charge is -2.00. The van der Waals surface area contributed by atoms with Crippen molar-refractivity contribution in [2.24, 2.45) is 0 Å². The number of rotatable bonds is 4. The summed E-state index contributed by atoms with van der Waals surface area (Å²) in [6, 6.07) is 17.8. The number of aromatic amines is 1. The second-order valence-electron chi connectivity index (χ2n) is 4.11. The van der Waals surface area contributed by atoms with Gasteiger partial charge in [-0.1, -0.05) is 30.3 Å². The van der Waals surface area contributed by atoms with E-state index < -0.39 is 0 Å². The van der Waals surface area contributed by atoms with Crippen LogP contribution in [0.25, 0.3) is 11.4 Å². The first-order valence-corrected chi connectivity index (χ1v) is 6.96. The monoisotopic (exact) mass is 283 g/mol. The maximum absolute atomic E-state index is 5.13. The van der Waals surface area contributed by atoms with Crippen molar-refractivity contribution >= 4 is 11.8 Å². The van der Waals surface area contributed by atoms with Crippen molar-refractivity contribution in [1.82, 2.24) is 15.2 Å². The number of methoxy groups -OCH3 is 1. The van der Waals surface area contributed by atoms with E-state index in [2.05, 4.69) is 15.2 Å². The molecule has 5 heteroatoms. The summed E-state index contributed by atoms with van der Waals surface area (Å²) in [5, 5.41) is 7.89. The molecule has 0 aliphatic carbocycles. The summed E-state index contributed by atoms with van der Waals surface area (Å²) in [4.78, 5) is 5.56. The standard InChI is InChI=1S/C15H13N3OS/c1-19-12-7-9-13(10-8-12)20-15-16-14(17-18-15)11-5-3-2-4-6-11/h2-10H,1H3,(H,16,17,18). The number of aromatic nitrogens is 3. The first-order valence-electron chi connectivity index (χ1n) is 6.15. The molecule has 0 amide bonds. The van der Waals surface area contributed by atoms with Crippen LogP contribution < -0.4 is 4.74 Å². The van der Waals surface area contributed by atoms with Crippen molar-refractivity contribution in [1.29, 1.82) is 0 Å². The van der Waals surface area contributed by atoms with Crippen LogP contribution in [-0.2, 0) is 0 Å². The quantitative estimate of drug-likeness (QED) is 0.794. The molecule has 0 unspecified atom stereocenters. The van der Waals surface area contributed by atoms with Gasteiger partial charge >= 0.3 is 0 Å². The van der Waals surface area contributed by atoms with Gasteiger partial charge in [-0.25, -0.2) is 4.98 Å². The summed E-state index contributed by atoms with van der Waals surface area (Å²) >= 11 is 1.51. The lowest BCUT2D eigenvalue weighted by molar-refractivity contribution is 0.414. The summed E-state index contributed by atoms with van der Waals surface area (Å²) in [7, 11) is 1.66. The molecule has 2 aromatic carbocycles.